The lowest BCUT2D eigenvalue weighted by Gasteiger charge is -2.06. The second-order valence-electron chi connectivity index (χ2n) is 3.45. The third-order valence-electron chi connectivity index (χ3n) is 2.34. The lowest BCUT2D eigenvalue weighted by atomic mass is 10.1. The Bertz CT molecular complexity index is 522. The number of aromatic nitrogens is 1. The summed E-state index contributed by atoms with van der Waals surface area (Å²) in [5.41, 5.74) is 14.2. The summed E-state index contributed by atoms with van der Waals surface area (Å²) in [4.78, 5) is 4.21. The van der Waals surface area contributed by atoms with Crippen molar-refractivity contribution >= 4 is 21.5 Å². The van der Waals surface area contributed by atoms with Gasteiger partial charge in [-0.1, -0.05) is 11.3 Å². The highest BCUT2D eigenvalue weighted by Crippen LogP contribution is 2.33. The summed E-state index contributed by atoms with van der Waals surface area (Å²) in [5.74, 6) is 0.852. The van der Waals surface area contributed by atoms with E-state index in [1.165, 1.54) is 11.3 Å². The zero-order chi connectivity index (χ0) is 11.7. The molecule has 84 valence electrons. The first-order valence-electron chi connectivity index (χ1n) is 4.78. The van der Waals surface area contributed by atoms with Gasteiger partial charge < -0.3 is 16.2 Å². The maximum absolute atomic E-state index is 5.84. The highest BCUT2D eigenvalue weighted by atomic mass is 32.1. The van der Waals surface area contributed by atoms with Crippen LogP contribution in [-0.4, -0.2) is 12.1 Å². The Kier molecular flexibility index (Phi) is 2.70. The van der Waals surface area contributed by atoms with Crippen molar-refractivity contribution in [2.45, 2.75) is 6.92 Å². The first-order valence-corrected chi connectivity index (χ1v) is 5.60. The molecule has 4 N–H and O–H groups in total. The molecule has 2 rings (SSSR count). The van der Waals surface area contributed by atoms with Crippen LogP contribution in [0.2, 0.25) is 0 Å². The average Bonchev–Trinajstić information content (AvgIpc) is 2.58. The second-order valence-corrected chi connectivity index (χ2v) is 4.51. The van der Waals surface area contributed by atoms with Crippen molar-refractivity contribution in [2.24, 2.45) is 0 Å². The molecule has 1 aromatic carbocycles. The molecule has 0 unspecified atom stereocenters. The molecule has 1 heterocycles. The summed E-state index contributed by atoms with van der Waals surface area (Å²) in [6, 6.07) is 5.82. The minimum Gasteiger partial charge on any atom is -0.496 e. The summed E-state index contributed by atoms with van der Waals surface area (Å²) < 4.78 is 5.20. The van der Waals surface area contributed by atoms with Crippen LogP contribution < -0.4 is 16.2 Å². The largest absolute Gasteiger partial charge is 0.496 e. The Morgan fingerprint density at radius 1 is 1.31 bits per heavy atom. The third kappa shape index (κ3) is 1.81. The quantitative estimate of drug-likeness (QED) is 0.837. The number of anilines is 2. The Labute approximate surface area is 97.9 Å². The molecule has 0 saturated carbocycles. The Morgan fingerprint density at radius 2 is 2.06 bits per heavy atom. The summed E-state index contributed by atoms with van der Waals surface area (Å²) >= 11 is 1.29. The molecule has 0 spiro atoms. The first kappa shape index (κ1) is 10.8. The molecule has 0 aliphatic heterocycles. The van der Waals surface area contributed by atoms with E-state index < -0.39 is 0 Å². The van der Waals surface area contributed by atoms with Crippen LogP contribution in [0, 0.1) is 6.92 Å². The SMILES string of the molecule is COc1ccc(-c2nc(N)sc2N)cc1C. The van der Waals surface area contributed by atoms with Crippen LogP contribution >= 0.6 is 11.3 Å². The van der Waals surface area contributed by atoms with Crippen molar-refractivity contribution in [3.63, 3.8) is 0 Å². The molecule has 4 nitrogen and oxygen atoms in total. The van der Waals surface area contributed by atoms with E-state index in [1.807, 2.05) is 25.1 Å². The van der Waals surface area contributed by atoms with E-state index in [2.05, 4.69) is 4.98 Å². The smallest absolute Gasteiger partial charge is 0.182 e. The molecular weight excluding hydrogens is 222 g/mol. The summed E-state index contributed by atoms with van der Waals surface area (Å²) in [6.45, 7) is 1.98. The second kappa shape index (κ2) is 4.02. The number of ether oxygens (including phenoxy) is 1. The molecule has 5 heteroatoms. The van der Waals surface area contributed by atoms with Crippen molar-refractivity contribution in [1.29, 1.82) is 0 Å². The number of hydrogen-bond acceptors (Lipinski definition) is 5. The lowest BCUT2D eigenvalue weighted by molar-refractivity contribution is 0.412. The Hall–Kier alpha value is -1.75. The minimum absolute atomic E-state index is 0.487. The predicted molar refractivity (Wildman–Crippen MR) is 67.7 cm³/mol. The van der Waals surface area contributed by atoms with E-state index >= 15 is 0 Å². The van der Waals surface area contributed by atoms with E-state index in [0.29, 0.717) is 10.1 Å². The molecule has 0 radical (unpaired) electrons. The number of thiazole rings is 1. The molecule has 0 saturated heterocycles. The van der Waals surface area contributed by atoms with Crippen LogP contribution in [0.1, 0.15) is 5.56 Å². The normalized spacial score (nSPS) is 10.4. The number of nitrogens with zero attached hydrogens (tertiary/aromatic N) is 1. The topological polar surface area (TPSA) is 74.2 Å². The third-order valence-corrected chi connectivity index (χ3v) is 3.05. The van der Waals surface area contributed by atoms with Gasteiger partial charge in [0, 0.05) is 5.56 Å². The van der Waals surface area contributed by atoms with Gasteiger partial charge >= 0.3 is 0 Å². The zero-order valence-corrected chi connectivity index (χ0v) is 9.97. The predicted octanol–water partition coefficient (Wildman–Crippen LogP) is 2.29. The van der Waals surface area contributed by atoms with Crippen LogP contribution in [-0.2, 0) is 0 Å². The van der Waals surface area contributed by atoms with Crippen molar-refractivity contribution in [3.05, 3.63) is 23.8 Å². The Balaban J connectivity index is 2.49. The van der Waals surface area contributed by atoms with Gasteiger partial charge in [-0.15, -0.1) is 0 Å². The lowest BCUT2D eigenvalue weighted by Crippen LogP contribution is -1.90. The van der Waals surface area contributed by atoms with Crippen molar-refractivity contribution in [1.82, 2.24) is 4.98 Å². The molecule has 0 aliphatic rings. The fourth-order valence-corrected chi connectivity index (χ4v) is 2.20. The van der Waals surface area contributed by atoms with Gasteiger partial charge in [-0.2, -0.15) is 0 Å². The molecule has 0 amide bonds. The van der Waals surface area contributed by atoms with Gasteiger partial charge in [-0.05, 0) is 30.7 Å². The molecule has 2 aromatic rings. The summed E-state index contributed by atoms with van der Waals surface area (Å²) in [5, 5.41) is 1.13. The minimum atomic E-state index is 0.487. The average molecular weight is 235 g/mol. The molecule has 0 bridgehead atoms. The van der Waals surface area contributed by atoms with E-state index in [4.69, 9.17) is 16.2 Å². The van der Waals surface area contributed by atoms with Gasteiger partial charge in [0.05, 0.1) is 7.11 Å². The molecular formula is C11H13N3OS. The molecule has 0 fully saturated rings. The molecule has 1 aromatic heterocycles. The Morgan fingerprint density at radius 3 is 2.56 bits per heavy atom. The number of rotatable bonds is 2. The van der Waals surface area contributed by atoms with E-state index in [-0.39, 0.29) is 0 Å². The van der Waals surface area contributed by atoms with Crippen LogP contribution in [0.15, 0.2) is 18.2 Å². The number of benzene rings is 1. The van der Waals surface area contributed by atoms with Crippen molar-refractivity contribution < 1.29 is 4.74 Å². The highest BCUT2D eigenvalue weighted by molar-refractivity contribution is 7.19. The summed E-state index contributed by atoms with van der Waals surface area (Å²) in [6.07, 6.45) is 0. The first-order chi connectivity index (χ1) is 7.61. The van der Waals surface area contributed by atoms with E-state index in [9.17, 15) is 0 Å². The summed E-state index contributed by atoms with van der Waals surface area (Å²) in [7, 11) is 1.65. The van der Waals surface area contributed by atoms with Crippen LogP contribution in [0.3, 0.4) is 0 Å². The number of nitrogen functional groups attached to an aromatic ring is 2. The monoisotopic (exact) mass is 235 g/mol. The standard InChI is InChI=1S/C11H13N3OS/c1-6-5-7(3-4-8(6)15-2)9-10(12)16-11(13)14-9/h3-5H,12H2,1-2H3,(H2,13,14). The molecule has 0 aliphatic carbocycles. The number of methoxy groups -OCH3 is 1. The zero-order valence-electron chi connectivity index (χ0n) is 9.15. The number of hydrogen-bond donors (Lipinski definition) is 2. The van der Waals surface area contributed by atoms with E-state index in [1.54, 1.807) is 7.11 Å². The van der Waals surface area contributed by atoms with Crippen LogP contribution in [0.5, 0.6) is 5.75 Å². The van der Waals surface area contributed by atoms with E-state index in [0.717, 1.165) is 22.6 Å². The fraction of sp³-hybridized carbons (Fsp3) is 0.182. The molecule has 0 atom stereocenters. The number of aryl methyl sites for hydroxylation is 1. The maximum Gasteiger partial charge on any atom is 0.182 e. The van der Waals surface area contributed by atoms with Gasteiger partial charge in [0.25, 0.3) is 0 Å². The molecule has 16 heavy (non-hydrogen) atoms. The van der Waals surface area contributed by atoms with Gasteiger partial charge in [-0.25, -0.2) is 4.98 Å². The van der Waals surface area contributed by atoms with Crippen molar-refractivity contribution in [3.8, 4) is 17.0 Å². The van der Waals surface area contributed by atoms with Gasteiger partial charge in [0.15, 0.2) is 5.13 Å². The van der Waals surface area contributed by atoms with Crippen LogP contribution in [0.4, 0.5) is 10.1 Å². The fourth-order valence-electron chi connectivity index (χ4n) is 1.58. The van der Waals surface area contributed by atoms with Crippen molar-refractivity contribution in [2.75, 3.05) is 18.6 Å². The van der Waals surface area contributed by atoms with Gasteiger partial charge in [0.2, 0.25) is 0 Å². The highest BCUT2D eigenvalue weighted by Gasteiger charge is 2.10. The maximum atomic E-state index is 5.84. The number of nitrogens with two attached hydrogens (primary N) is 2. The van der Waals surface area contributed by atoms with Crippen LogP contribution in [0.25, 0.3) is 11.3 Å². The van der Waals surface area contributed by atoms with Gasteiger partial charge in [0.1, 0.15) is 16.4 Å². The van der Waals surface area contributed by atoms with Gasteiger partial charge in [-0.3, -0.25) is 0 Å².